The van der Waals surface area contributed by atoms with E-state index < -0.39 is 11.7 Å². The summed E-state index contributed by atoms with van der Waals surface area (Å²) in [4.78, 5) is 3.32. The zero-order chi connectivity index (χ0) is 35.1. The largest absolute Gasteiger partial charge is 0.415 e. The molecule has 0 saturated carbocycles. The Bertz CT molecular complexity index is 2700. The minimum atomic E-state index is -4.75. The highest BCUT2D eigenvalue weighted by atomic mass is 19.4. The van der Waals surface area contributed by atoms with E-state index in [1.54, 1.807) is 12.1 Å². The molecule has 0 amide bonds. The Kier molecular flexibility index (Phi) is 6.89. The fraction of sp³-hybridized carbons (Fsp3) is 0.116. The van der Waals surface area contributed by atoms with E-state index in [-0.39, 0.29) is 16.8 Å². The summed E-state index contributed by atoms with van der Waals surface area (Å²) in [5, 5.41) is 14.7. The molecular weight excluding hydrogens is 629 g/mol. The lowest BCUT2D eigenvalue weighted by atomic mass is 9.94. The van der Waals surface area contributed by atoms with Crippen LogP contribution in [-0.4, -0.2) is 9.13 Å². The second-order valence-corrected chi connectivity index (χ2v) is 13.1. The maximum atomic E-state index is 15.0. The van der Waals surface area contributed by atoms with Gasteiger partial charge in [0.1, 0.15) is 6.07 Å². The molecule has 8 rings (SSSR count). The summed E-state index contributed by atoms with van der Waals surface area (Å²) in [6.45, 7) is 15.5. The second-order valence-electron chi connectivity index (χ2n) is 13.1. The van der Waals surface area contributed by atoms with Gasteiger partial charge in [-0.1, -0.05) is 58.7 Å². The number of aryl methyl sites for hydroxylation is 4. The smallest absolute Gasteiger partial charge is 0.309 e. The van der Waals surface area contributed by atoms with E-state index >= 15 is 0 Å². The van der Waals surface area contributed by atoms with Gasteiger partial charge in [0.25, 0.3) is 0 Å². The normalized spacial score (nSPS) is 11.9. The molecule has 0 fully saturated rings. The van der Waals surface area contributed by atoms with Gasteiger partial charge in [-0.25, -0.2) is 4.85 Å². The van der Waals surface area contributed by atoms with E-state index in [1.165, 1.54) is 12.1 Å². The molecule has 0 aliphatic carbocycles. The SMILES string of the molecule is [C-]#[N+]c1ccc(-c2cc(-n3c4ccc(C)cc4c4cc(C)ccc43)c(C#N)cc2-n2c3ccc(C)cc3c3cc(C)ccc32)c(C(F)(F)F)c1. The van der Waals surface area contributed by atoms with Crippen LogP contribution in [0, 0.1) is 45.6 Å². The van der Waals surface area contributed by atoms with Gasteiger partial charge in [-0.3, -0.25) is 0 Å². The van der Waals surface area contributed by atoms with Crippen LogP contribution in [0.4, 0.5) is 18.9 Å². The van der Waals surface area contributed by atoms with Gasteiger partial charge in [-0.2, -0.15) is 18.4 Å². The Hall–Kier alpha value is -6.31. The number of nitrogens with zero attached hydrogens (tertiary/aromatic N) is 4. The van der Waals surface area contributed by atoms with Crippen molar-refractivity contribution in [1.29, 1.82) is 5.26 Å². The highest BCUT2D eigenvalue weighted by Gasteiger charge is 2.35. The van der Waals surface area contributed by atoms with Crippen molar-refractivity contribution in [3.63, 3.8) is 0 Å². The molecule has 0 aliphatic rings. The molecule has 0 saturated heterocycles. The van der Waals surface area contributed by atoms with E-state index in [1.807, 2.05) is 85.4 Å². The molecule has 0 bridgehead atoms. The van der Waals surface area contributed by atoms with Crippen molar-refractivity contribution in [2.45, 2.75) is 33.9 Å². The topological polar surface area (TPSA) is 38.0 Å². The van der Waals surface area contributed by atoms with Crippen LogP contribution in [0.1, 0.15) is 33.4 Å². The van der Waals surface area contributed by atoms with Crippen molar-refractivity contribution in [3.8, 4) is 28.6 Å². The van der Waals surface area contributed by atoms with Gasteiger partial charge in [0.15, 0.2) is 5.69 Å². The number of rotatable bonds is 3. The summed E-state index contributed by atoms with van der Waals surface area (Å²) in [6.07, 6.45) is -4.75. The number of aromatic nitrogens is 2. The van der Waals surface area contributed by atoms with Crippen LogP contribution >= 0.6 is 0 Å². The molecule has 2 heterocycles. The lowest BCUT2D eigenvalue weighted by Crippen LogP contribution is -2.09. The van der Waals surface area contributed by atoms with Crippen molar-refractivity contribution < 1.29 is 13.2 Å². The number of fused-ring (bicyclic) bond motifs is 6. The summed E-state index contributed by atoms with van der Waals surface area (Å²) in [6, 6.07) is 33.8. The molecule has 4 nitrogen and oxygen atoms in total. The lowest BCUT2D eigenvalue weighted by Gasteiger charge is -2.21. The molecule has 2 aromatic heterocycles. The highest BCUT2D eigenvalue weighted by molar-refractivity contribution is 6.11. The van der Waals surface area contributed by atoms with Crippen LogP contribution in [0.2, 0.25) is 0 Å². The van der Waals surface area contributed by atoms with Crippen molar-refractivity contribution in [2.75, 3.05) is 0 Å². The molecular formula is C43H29F3N4. The van der Waals surface area contributed by atoms with Gasteiger partial charge in [-0.05, 0) is 100.0 Å². The van der Waals surface area contributed by atoms with Crippen molar-refractivity contribution in [1.82, 2.24) is 9.13 Å². The molecule has 0 atom stereocenters. The van der Waals surface area contributed by atoms with Gasteiger partial charge < -0.3 is 9.13 Å². The van der Waals surface area contributed by atoms with E-state index in [0.717, 1.165) is 71.9 Å². The van der Waals surface area contributed by atoms with Crippen molar-refractivity contribution in [3.05, 3.63) is 148 Å². The fourth-order valence-corrected chi connectivity index (χ4v) is 7.34. The number of halogens is 3. The quantitative estimate of drug-likeness (QED) is 0.174. The minimum absolute atomic E-state index is 0.0766. The molecule has 0 unspecified atom stereocenters. The Morgan fingerprint density at radius 1 is 0.560 bits per heavy atom. The Morgan fingerprint density at radius 3 is 1.40 bits per heavy atom. The number of hydrogen-bond donors (Lipinski definition) is 0. The van der Waals surface area contributed by atoms with Gasteiger partial charge in [0, 0.05) is 27.1 Å². The van der Waals surface area contributed by atoms with Crippen molar-refractivity contribution >= 4 is 49.3 Å². The van der Waals surface area contributed by atoms with E-state index in [2.05, 4.69) is 35.2 Å². The summed E-state index contributed by atoms with van der Waals surface area (Å²) in [5.41, 5.74) is 7.95. The first-order valence-corrected chi connectivity index (χ1v) is 16.2. The number of nitriles is 1. The molecule has 242 valence electrons. The van der Waals surface area contributed by atoms with Crippen molar-refractivity contribution in [2.24, 2.45) is 0 Å². The molecule has 8 aromatic rings. The number of alkyl halides is 3. The molecule has 0 spiro atoms. The second kappa shape index (κ2) is 11.1. The molecule has 50 heavy (non-hydrogen) atoms. The average Bonchev–Trinajstić information content (AvgIpc) is 3.57. The number of hydrogen-bond acceptors (Lipinski definition) is 1. The fourth-order valence-electron chi connectivity index (χ4n) is 7.34. The summed E-state index contributed by atoms with van der Waals surface area (Å²) < 4.78 is 48.8. The molecule has 7 heteroatoms. The molecule has 0 N–H and O–H groups in total. The Morgan fingerprint density at radius 2 is 1.00 bits per heavy atom. The van der Waals surface area contributed by atoms with Crippen LogP contribution in [0.15, 0.2) is 103 Å². The lowest BCUT2D eigenvalue weighted by molar-refractivity contribution is -0.137. The van der Waals surface area contributed by atoms with Gasteiger partial charge in [-0.15, -0.1) is 0 Å². The Labute approximate surface area is 286 Å². The molecule has 0 aliphatic heterocycles. The zero-order valence-electron chi connectivity index (χ0n) is 27.7. The van der Waals surface area contributed by atoms with Crippen LogP contribution in [0.5, 0.6) is 0 Å². The zero-order valence-corrected chi connectivity index (χ0v) is 27.7. The highest BCUT2D eigenvalue weighted by Crippen LogP contribution is 2.45. The monoisotopic (exact) mass is 658 g/mol. The maximum Gasteiger partial charge on any atom is 0.415 e. The molecule has 0 radical (unpaired) electrons. The molecule has 6 aromatic carbocycles. The van der Waals surface area contributed by atoms with Crippen LogP contribution in [-0.2, 0) is 6.18 Å². The van der Waals surface area contributed by atoms with Crippen LogP contribution in [0.25, 0.3) is 71.0 Å². The van der Waals surface area contributed by atoms with E-state index in [9.17, 15) is 18.4 Å². The summed E-state index contributed by atoms with van der Waals surface area (Å²) in [7, 11) is 0. The first-order valence-electron chi connectivity index (χ1n) is 16.2. The van der Waals surface area contributed by atoms with Gasteiger partial charge in [0.2, 0.25) is 0 Å². The van der Waals surface area contributed by atoms with Gasteiger partial charge >= 0.3 is 6.18 Å². The number of benzene rings is 6. The first kappa shape index (κ1) is 31.0. The van der Waals surface area contributed by atoms with Gasteiger partial charge in [0.05, 0.1) is 51.1 Å². The maximum absolute atomic E-state index is 15.0. The summed E-state index contributed by atoms with van der Waals surface area (Å²) >= 11 is 0. The predicted molar refractivity (Wildman–Crippen MR) is 195 cm³/mol. The van der Waals surface area contributed by atoms with Crippen LogP contribution in [0.3, 0.4) is 0 Å². The third-order valence-electron chi connectivity index (χ3n) is 9.60. The standard InChI is InChI=1S/C43H29F3N4/c1-24-6-12-37-31(16-24)32-17-25(2)7-13-38(32)49(37)41-22-35(30-11-10-29(48-5)21-36(30)43(44,45)46)42(20-28(41)23-47)50-39-14-8-26(3)18-33(39)34-19-27(4)9-15-40(34)50/h6-22H,1-4H3. The first-order chi connectivity index (χ1) is 24.0. The van der Waals surface area contributed by atoms with E-state index in [0.29, 0.717) is 16.9 Å². The summed E-state index contributed by atoms with van der Waals surface area (Å²) in [5.74, 6) is 0. The third kappa shape index (κ3) is 4.74. The minimum Gasteiger partial charge on any atom is -0.309 e. The average molecular weight is 659 g/mol. The predicted octanol–water partition coefficient (Wildman–Crippen LogP) is 12.2. The van der Waals surface area contributed by atoms with Crippen LogP contribution < -0.4 is 0 Å². The third-order valence-corrected chi connectivity index (χ3v) is 9.60. The Balaban J connectivity index is 1.57. The van der Waals surface area contributed by atoms with E-state index in [4.69, 9.17) is 6.57 Å².